The molecule has 1 aromatic heterocycles. The molecule has 10 rings (SSSR count). The first kappa shape index (κ1) is 34.6. The van der Waals surface area contributed by atoms with Gasteiger partial charge in [0.1, 0.15) is 5.52 Å². The number of imide groups is 2. The van der Waals surface area contributed by atoms with Crippen LogP contribution in [0, 0.1) is 36.4 Å². The lowest BCUT2D eigenvalue weighted by Crippen LogP contribution is -2.53. The molecule has 1 saturated carbocycles. The topological polar surface area (TPSA) is 133 Å². The number of anilines is 2. The quantitative estimate of drug-likeness (QED) is 0.130. The van der Waals surface area contributed by atoms with Crippen molar-refractivity contribution < 1.29 is 33.1 Å². The predicted octanol–water partition coefficient (Wildman–Crippen LogP) is 7.84. The molecule has 0 spiro atoms. The fraction of sp³-hybridized carbons (Fsp3) is 0.196. The van der Waals surface area contributed by atoms with E-state index in [0.717, 1.165) is 16.6 Å². The Labute approximate surface area is 326 Å². The lowest BCUT2D eigenvalue weighted by atomic mass is 9.49. The third-order valence-electron chi connectivity index (χ3n) is 12.4. The second kappa shape index (κ2) is 12.8. The molecule has 6 aromatic rings. The Morgan fingerprint density at radius 2 is 1.54 bits per heavy atom. The second-order valence-electron chi connectivity index (χ2n) is 15.3. The highest BCUT2D eigenvalue weighted by Gasteiger charge is 2.70. The highest BCUT2D eigenvalue weighted by Crippen LogP contribution is 2.65. The van der Waals surface area contributed by atoms with Crippen LogP contribution in [-0.4, -0.2) is 38.7 Å². The number of para-hydroxylation sites is 3. The summed E-state index contributed by atoms with van der Waals surface area (Å²) in [5.74, 6) is -7.38. The Morgan fingerprint density at radius 3 is 2.30 bits per heavy atom. The smallest absolute Gasteiger partial charge is 0.260 e. The molecule has 0 unspecified atom stereocenters. The molecule has 10 nitrogen and oxygen atoms in total. The Morgan fingerprint density at radius 1 is 0.807 bits per heavy atom. The first-order valence-electron chi connectivity index (χ1n) is 18.9. The third kappa shape index (κ3) is 5.04. The monoisotopic (exact) mass is 758 g/mol. The second-order valence-corrected chi connectivity index (χ2v) is 15.3. The van der Waals surface area contributed by atoms with E-state index in [-0.39, 0.29) is 24.3 Å². The number of rotatable bonds is 6. The van der Waals surface area contributed by atoms with E-state index in [1.54, 1.807) is 72.8 Å². The van der Waals surface area contributed by atoms with Gasteiger partial charge in [0.05, 0.1) is 34.5 Å². The van der Waals surface area contributed by atoms with Crippen LogP contribution in [-0.2, 0) is 24.6 Å². The molecule has 2 aliphatic heterocycles. The summed E-state index contributed by atoms with van der Waals surface area (Å²) >= 11 is 0. The Hall–Kier alpha value is -6.88. The van der Waals surface area contributed by atoms with Gasteiger partial charge in [-0.05, 0) is 85.8 Å². The van der Waals surface area contributed by atoms with Crippen LogP contribution >= 0.6 is 0 Å². The van der Waals surface area contributed by atoms with E-state index in [2.05, 4.69) is 10.4 Å². The largest absolute Gasteiger partial charge is 0.505 e. The summed E-state index contributed by atoms with van der Waals surface area (Å²) in [7, 11) is 0. The number of nitrogens with one attached hydrogen (secondary N) is 1. The van der Waals surface area contributed by atoms with E-state index in [1.807, 2.05) is 49.4 Å². The maximum absolute atomic E-state index is 15.4. The van der Waals surface area contributed by atoms with E-state index in [0.29, 0.717) is 45.1 Å². The van der Waals surface area contributed by atoms with Crippen molar-refractivity contribution in [3.05, 3.63) is 155 Å². The van der Waals surface area contributed by atoms with Gasteiger partial charge in [-0.3, -0.25) is 29.5 Å². The summed E-state index contributed by atoms with van der Waals surface area (Å²) in [6.45, 7) is 1.93. The highest BCUT2D eigenvalue weighted by atomic mass is 19.1. The minimum Gasteiger partial charge on any atom is -0.505 e. The zero-order chi connectivity index (χ0) is 39.2. The first-order chi connectivity index (χ1) is 27.7. The van der Waals surface area contributed by atoms with E-state index < -0.39 is 64.3 Å². The van der Waals surface area contributed by atoms with E-state index in [4.69, 9.17) is 4.42 Å². The van der Waals surface area contributed by atoms with Gasteiger partial charge in [-0.25, -0.2) is 9.37 Å². The van der Waals surface area contributed by atoms with Gasteiger partial charge in [0.2, 0.25) is 17.7 Å². The molecular weight excluding hydrogens is 724 g/mol. The van der Waals surface area contributed by atoms with Crippen LogP contribution in [0.4, 0.5) is 15.8 Å². The lowest BCUT2D eigenvalue weighted by Gasteiger charge is -2.50. The van der Waals surface area contributed by atoms with Gasteiger partial charge in [-0.1, -0.05) is 83.9 Å². The summed E-state index contributed by atoms with van der Waals surface area (Å²) < 4.78 is 21.3. The van der Waals surface area contributed by atoms with Crippen LogP contribution in [0.1, 0.15) is 35.4 Å². The first-order valence-corrected chi connectivity index (χ1v) is 18.9. The van der Waals surface area contributed by atoms with E-state index in [9.17, 15) is 19.5 Å². The van der Waals surface area contributed by atoms with Crippen molar-refractivity contribution in [1.82, 2.24) is 9.99 Å². The van der Waals surface area contributed by atoms with Gasteiger partial charge in [0.25, 0.3) is 11.8 Å². The Bertz CT molecular complexity index is 2640. The van der Waals surface area contributed by atoms with Crippen molar-refractivity contribution in [3.63, 3.8) is 0 Å². The van der Waals surface area contributed by atoms with Crippen molar-refractivity contribution in [2.24, 2.45) is 23.7 Å². The van der Waals surface area contributed by atoms with Gasteiger partial charge in [0, 0.05) is 17.0 Å². The number of hydrogen-bond donors (Lipinski definition) is 2. The Kier molecular flexibility index (Phi) is 7.79. The summed E-state index contributed by atoms with van der Waals surface area (Å²) in [5, 5.41) is 12.5. The zero-order valence-corrected chi connectivity index (χ0v) is 30.6. The number of halogens is 1. The van der Waals surface area contributed by atoms with Crippen LogP contribution in [0.2, 0.25) is 0 Å². The number of aromatic hydroxyl groups is 1. The van der Waals surface area contributed by atoms with E-state index >= 15 is 9.18 Å². The number of fused-ring (bicyclic) bond motifs is 5. The normalized spacial score (nSPS) is 25.4. The van der Waals surface area contributed by atoms with Gasteiger partial charge >= 0.3 is 0 Å². The minimum atomic E-state index is -1.64. The number of allylic oxidation sites excluding steroid dienone is 2. The van der Waals surface area contributed by atoms with Crippen molar-refractivity contribution in [3.8, 4) is 17.2 Å². The Balaban J connectivity index is 1.08. The van der Waals surface area contributed by atoms with Crippen molar-refractivity contribution in [1.29, 1.82) is 0 Å². The number of hydrazine groups is 1. The molecule has 3 fully saturated rings. The number of phenols is 1. The summed E-state index contributed by atoms with van der Waals surface area (Å²) in [4.78, 5) is 64.9. The van der Waals surface area contributed by atoms with Gasteiger partial charge in [-0.15, -0.1) is 0 Å². The average molecular weight is 759 g/mol. The van der Waals surface area contributed by atoms with Crippen LogP contribution in [0.3, 0.4) is 0 Å². The molecule has 282 valence electrons. The molecule has 3 heterocycles. The number of amides is 4. The molecule has 2 saturated heterocycles. The summed E-state index contributed by atoms with van der Waals surface area (Å²) in [5.41, 5.74) is 6.58. The number of aromatic nitrogens is 1. The van der Waals surface area contributed by atoms with Crippen LogP contribution in [0.15, 0.2) is 137 Å². The molecule has 2 aliphatic carbocycles. The molecule has 4 aliphatic rings. The number of hydrogen-bond acceptors (Lipinski definition) is 8. The van der Waals surface area contributed by atoms with Crippen molar-refractivity contribution >= 4 is 46.1 Å². The lowest BCUT2D eigenvalue weighted by molar-refractivity contribution is -0.138. The predicted molar refractivity (Wildman–Crippen MR) is 209 cm³/mol. The van der Waals surface area contributed by atoms with Gasteiger partial charge in [-0.2, -0.15) is 5.01 Å². The molecule has 57 heavy (non-hydrogen) atoms. The number of carbonyl (C=O) groups excluding carboxylic acids is 4. The number of oxazole rings is 1. The molecule has 0 bridgehead atoms. The molecule has 0 radical (unpaired) electrons. The maximum Gasteiger partial charge on any atom is 0.260 e. The zero-order valence-electron chi connectivity index (χ0n) is 30.6. The number of phenolic OH excluding ortho intramolecular Hbond substituents is 1. The third-order valence-corrected chi connectivity index (χ3v) is 12.4. The van der Waals surface area contributed by atoms with Crippen LogP contribution < -0.4 is 10.3 Å². The van der Waals surface area contributed by atoms with Crippen molar-refractivity contribution in [2.75, 3.05) is 10.3 Å². The number of aryl methyl sites for hydroxylation is 1. The van der Waals surface area contributed by atoms with Crippen LogP contribution in [0.5, 0.6) is 5.75 Å². The number of carbonyl (C=O) groups is 4. The molecule has 2 N–H and O–H groups in total. The summed E-state index contributed by atoms with van der Waals surface area (Å²) in [6.07, 6.45) is 2.11. The molecule has 6 atom stereocenters. The molecule has 11 heteroatoms. The maximum atomic E-state index is 15.4. The fourth-order valence-corrected chi connectivity index (χ4v) is 9.86. The highest BCUT2D eigenvalue weighted by molar-refractivity contribution is 6.22. The van der Waals surface area contributed by atoms with E-state index in [1.165, 1.54) is 11.0 Å². The average Bonchev–Trinajstić information content (AvgIpc) is 3.85. The molecular formula is C46H35FN4O6. The van der Waals surface area contributed by atoms with Gasteiger partial charge < -0.3 is 9.52 Å². The summed E-state index contributed by atoms with van der Waals surface area (Å²) in [6, 6.07) is 34.6. The standard InChI is InChI=1S/C46H35FN4O6/c1-25-14-18-28(19-15-25)49-51-43(54)34-24-33-30(39(32-10-7-11-35(47)40(32)52)46(34,45(51)56)27-8-3-2-4-9-27)22-23-31-38(33)44(55)50(42(31)53)29-20-16-26(17-21-29)41-48-36-12-5-6-13-37(36)57-41/h2-22,31,33-34,38-39,49,52H,23-24H2,1H3/t31-,33+,34-,38-,39+,46+/m0/s1. The molecule has 4 amide bonds. The van der Waals surface area contributed by atoms with Gasteiger partial charge in [0.15, 0.2) is 17.1 Å². The fourth-order valence-electron chi connectivity index (χ4n) is 9.86. The SMILES string of the molecule is Cc1ccc(NN2C(=O)[C@@H]3C[C@@H]4C(=CC[C@@H]5C(=O)N(c6ccc(-c7nc8ccccc8o7)cc6)C(=O)[C@@H]54)[C@H](c4cccc(F)c4O)[C@]3(c3ccccc3)C2=O)cc1. The number of nitrogens with zero attached hydrogens (tertiary/aromatic N) is 3. The van der Waals surface area contributed by atoms with Crippen LogP contribution in [0.25, 0.3) is 22.6 Å². The number of benzene rings is 5. The minimum absolute atomic E-state index is 0.0641. The molecule has 5 aromatic carbocycles. The van der Waals surface area contributed by atoms with Crippen molar-refractivity contribution in [2.45, 2.75) is 31.1 Å².